The van der Waals surface area contributed by atoms with Gasteiger partial charge >= 0.3 is 5.97 Å². The Balaban J connectivity index is 3.14. The van der Waals surface area contributed by atoms with Crippen LogP contribution in [0.3, 0.4) is 0 Å². The third-order valence-corrected chi connectivity index (χ3v) is 3.03. The number of amides is 1. The molecule has 0 bridgehead atoms. The highest BCUT2D eigenvalue weighted by molar-refractivity contribution is 9.10. The number of carbonyl (C=O) groups excluding carboxylic acids is 1. The van der Waals surface area contributed by atoms with E-state index >= 15 is 0 Å². The zero-order chi connectivity index (χ0) is 13.9. The summed E-state index contributed by atoms with van der Waals surface area (Å²) in [5, 5.41) is 8.77. The Hall–Kier alpha value is -1.43. The van der Waals surface area contributed by atoms with E-state index in [0.29, 0.717) is 4.47 Å². The highest BCUT2D eigenvalue weighted by atomic mass is 79.9. The van der Waals surface area contributed by atoms with Crippen LogP contribution in [0.15, 0.2) is 22.7 Å². The largest absolute Gasteiger partial charge is 0.480 e. The molecule has 0 aliphatic carbocycles. The van der Waals surface area contributed by atoms with Gasteiger partial charge in [0.1, 0.15) is 12.4 Å². The van der Waals surface area contributed by atoms with Crippen LogP contribution in [0.25, 0.3) is 0 Å². The van der Waals surface area contributed by atoms with Crippen LogP contribution in [0.4, 0.5) is 4.39 Å². The van der Waals surface area contributed by atoms with Crippen LogP contribution in [0.1, 0.15) is 24.2 Å². The van der Waals surface area contributed by atoms with Gasteiger partial charge < -0.3 is 10.0 Å². The van der Waals surface area contributed by atoms with Crippen molar-refractivity contribution in [3.63, 3.8) is 0 Å². The second kappa shape index (κ2) is 5.95. The molecule has 0 aromatic heterocycles. The first kappa shape index (κ1) is 14.6. The normalized spacial score (nSPS) is 10.5. The number of hydrogen-bond acceptors (Lipinski definition) is 2. The van der Waals surface area contributed by atoms with Gasteiger partial charge in [-0.25, -0.2) is 4.39 Å². The molecule has 1 amide bonds. The predicted octanol–water partition coefficient (Wildman–Crippen LogP) is 2.52. The third-order valence-electron chi connectivity index (χ3n) is 2.37. The van der Waals surface area contributed by atoms with Gasteiger partial charge in [0.25, 0.3) is 5.91 Å². The smallest absolute Gasteiger partial charge is 0.323 e. The van der Waals surface area contributed by atoms with E-state index in [1.165, 1.54) is 12.1 Å². The average molecular weight is 318 g/mol. The van der Waals surface area contributed by atoms with Crippen molar-refractivity contribution in [2.24, 2.45) is 0 Å². The Morgan fingerprint density at radius 2 is 2.06 bits per heavy atom. The number of aliphatic carboxylic acids is 1. The minimum atomic E-state index is -1.13. The Bertz CT molecular complexity index is 456. The Morgan fingerprint density at radius 3 is 2.50 bits per heavy atom. The van der Waals surface area contributed by atoms with Gasteiger partial charge in [0.05, 0.1) is 5.56 Å². The summed E-state index contributed by atoms with van der Waals surface area (Å²) in [4.78, 5) is 24.0. The highest BCUT2D eigenvalue weighted by Gasteiger charge is 2.25. The van der Waals surface area contributed by atoms with Gasteiger partial charge in [0, 0.05) is 10.5 Å². The lowest BCUT2D eigenvalue weighted by Crippen LogP contribution is -2.41. The van der Waals surface area contributed by atoms with Crippen LogP contribution in [-0.2, 0) is 4.79 Å². The number of carboxylic acids is 1. The predicted molar refractivity (Wildman–Crippen MR) is 67.9 cm³/mol. The monoisotopic (exact) mass is 317 g/mol. The molecule has 0 spiro atoms. The molecule has 1 N–H and O–H groups in total. The van der Waals surface area contributed by atoms with Gasteiger partial charge in [-0.2, -0.15) is 0 Å². The molecule has 0 fully saturated rings. The standard InChI is InChI=1S/C12H13BrFNO3/c1-7(2)15(6-10(16)17)12(18)11-8(13)4-3-5-9(11)14/h3-5,7H,6H2,1-2H3,(H,16,17). The Kier molecular flexibility index (Phi) is 4.84. The van der Waals surface area contributed by atoms with E-state index in [-0.39, 0.29) is 11.6 Å². The molecule has 0 aliphatic heterocycles. The maximum absolute atomic E-state index is 13.6. The molecule has 1 rings (SSSR count). The van der Waals surface area contributed by atoms with Crippen molar-refractivity contribution >= 4 is 27.8 Å². The van der Waals surface area contributed by atoms with Crippen molar-refractivity contribution in [2.45, 2.75) is 19.9 Å². The summed E-state index contributed by atoms with van der Waals surface area (Å²) in [6.07, 6.45) is 0. The first-order valence-corrected chi connectivity index (χ1v) is 6.10. The summed E-state index contributed by atoms with van der Waals surface area (Å²) >= 11 is 3.10. The van der Waals surface area contributed by atoms with Crippen LogP contribution >= 0.6 is 15.9 Å². The number of benzene rings is 1. The maximum Gasteiger partial charge on any atom is 0.323 e. The van der Waals surface area contributed by atoms with Crippen molar-refractivity contribution in [2.75, 3.05) is 6.54 Å². The minimum absolute atomic E-state index is 0.146. The van der Waals surface area contributed by atoms with Crippen LogP contribution in [0.2, 0.25) is 0 Å². The molecule has 0 saturated carbocycles. The average Bonchev–Trinajstić information content (AvgIpc) is 2.24. The number of carboxylic acid groups (broad SMARTS) is 1. The lowest BCUT2D eigenvalue weighted by Gasteiger charge is -2.25. The number of hydrogen-bond donors (Lipinski definition) is 1. The van der Waals surface area contributed by atoms with E-state index in [1.54, 1.807) is 13.8 Å². The molecule has 0 atom stereocenters. The molecule has 18 heavy (non-hydrogen) atoms. The highest BCUT2D eigenvalue weighted by Crippen LogP contribution is 2.22. The van der Waals surface area contributed by atoms with Gasteiger partial charge in [-0.1, -0.05) is 6.07 Å². The maximum atomic E-state index is 13.6. The van der Waals surface area contributed by atoms with Crippen LogP contribution in [0.5, 0.6) is 0 Å². The molecule has 0 aliphatic rings. The SMILES string of the molecule is CC(C)N(CC(=O)O)C(=O)c1c(F)cccc1Br. The van der Waals surface area contributed by atoms with Crippen LogP contribution < -0.4 is 0 Å². The van der Waals surface area contributed by atoms with Gasteiger partial charge in [-0.05, 0) is 41.9 Å². The van der Waals surface area contributed by atoms with Crippen molar-refractivity contribution in [1.82, 2.24) is 4.90 Å². The quantitative estimate of drug-likeness (QED) is 0.928. The van der Waals surface area contributed by atoms with Crippen molar-refractivity contribution in [1.29, 1.82) is 0 Å². The lowest BCUT2D eigenvalue weighted by atomic mass is 10.1. The zero-order valence-corrected chi connectivity index (χ0v) is 11.6. The lowest BCUT2D eigenvalue weighted by molar-refractivity contribution is -0.138. The van der Waals surface area contributed by atoms with Gasteiger partial charge in [-0.15, -0.1) is 0 Å². The molecule has 4 nitrogen and oxygen atoms in total. The molecule has 1 aromatic carbocycles. The zero-order valence-electron chi connectivity index (χ0n) is 9.98. The van der Waals surface area contributed by atoms with Crippen molar-refractivity contribution < 1.29 is 19.1 Å². The van der Waals surface area contributed by atoms with E-state index in [4.69, 9.17) is 5.11 Å². The minimum Gasteiger partial charge on any atom is -0.480 e. The second-order valence-corrected chi connectivity index (χ2v) is 4.87. The fraction of sp³-hybridized carbons (Fsp3) is 0.333. The Labute approximate surface area is 113 Å². The van der Waals surface area contributed by atoms with Gasteiger partial charge in [-0.3, -0.25) is 9.59 Å². The summed E-state index contributed by atoms with van der Waals surface area (Å²) in [6.45, 7) is 2.89. The number of carbonyl (C=O) groups is 2. The molecular weight excluding hydrogens is 305 g/mol. The second-order valence-electron chi connectivity index (χ2n) is 4.02. The number of rotatable bonds is 4. The number of nitrogens with zero attached hydrogens (tertiary/aromatic N) is 1. The van der Waals surface area contributed by atoms with Crippen molar-refractivity contribution in [3.05, 3.63) is 34.1 Å². The topological polar surface area (TPSA) is 57.6 Å². The molecule has 0 radical (unpaired) electrons. The molecule has 0 saturated heterocycles. The molecular formula is C12H13BrFNO3. The van der Waals surface area contributed by atoms with Gasteiger partial charge in [0.2, 0.25) is 0 Å². The van der Waals surface area contributed by atoms with Crippen molar-refractivity contribution in [3.8, 4) is 0 Å². The van der Waals surface area contributed by atoms with E-state index in [9.17, 15) is 14.0 Å². The molecule has 6 heteroatoms. The summed E-state index contributed by atoms with van der Waals surface area (Å²) in [5.74, 6) is -2.45. The first-order valence-electron chi connectivity index (χ1n) is 5.31. The number of halogens is 2. The molecule has 98 valence electrons. The van der Waals surface area contributed by atoms with E-state index in [0.717, 1.165) is 11.0 Å². The first-order chi connectivity index (χ1) is 8.34. The third kappa shape index (κ3) is 3.29. The van der Waals surface area contributed by atoms with E-state index < -0.39 is 24.2 Å². The summed E-state index contributed by atoms with van der Waals surface area (Å²) < 4.78 is 13.9. The van der Waals surface area contributed by atoms with E-state index in [2.05, 4.69) is 15.9 Å². The van der Waals surface area contributed by atoms with Crippen LogP contribution in [-0.4, -0.2) is 34.5 Å². The Morgan fingerprint density at radius 1 is 1.44 bits per heavy atom. The molecule has 0 unspecified atom stereocenters. The summed E-state index contributed by atoms with van der Waals surface area (Å²) in [7, 11) is 0. The molecule has 0 heterocycles. The van der Waals surface area contributed by atoms with Crippen LogP contribution in [0, 0.1) is 5.82 Å². The van der Waals surface area contributed by atoms with E-state index in [1.807, 2.05) is 0 Å². The van der Waals surface area contributed by atoms with Gasteiger partial charge in [0.15, 0.2) is 0 Å². The fourth-order valence-corrected chi connectivity index (χ4v) is 1.99. The molecule has 1 aromatic rings. The summed E-state index contributed by atoms with van der Waals surface area (Å²) in [5.41, 5.74) is -0.146. The fourth-order valence-electron chi connectivity index (χ4n) is 1.48. The summed E-state index contributed by atoms with van der Waals surface area (Å²) in [6, 6.07) is 3.83.